The summed E-state index contributed by atoms with van der Waals surface area (Å²) in [5.41, 5.74) is 1.54. The van der Waals surface area contributed by atoms with Crippen molar-refractivity contribution in [3.8, 4) is 5.75 Å². The van der Waals surface area contributed by atoms with Crippen LogP contribution < -0.4 is 4.74 Å². The van der Waals surface area contributed by atoms with Crippen molar-refractivity contribution in [2.75, 3.05) is 0 Å². The highest BCUT2D eigenvalue weighted by Crippen LogP contribution is 2.35. The highest BCUT2D eigenvalue weighted by atomic mass is 16.5. The summed E-state index contributed by atoms with van der Waals surface area (Å²) in [7, 11) is 0. The maximum atomic E-state index is 12.3. The molecule has 0 atom stereocenters. The second kappa shape index (κ2) is 3.98. The average Bonchev–Trinajstić information content (AvgIpc) is 2.88. The van der Waals surface area contributed by atoms with Crippen LogP contribution in [-0.2, 0) is 6.42 Å². The Kier molecular flexibility index (Phi) is 2.52. The van der Waals surface area contributed by atoms with Gasteiger partial charge in [-0.25, -0.2) is 0 Å². The van der Waals surface area contributed by atoms with Gasteiger partial charge in [-0.15, -0.1) is 0 Å². The van der Waals surface area contributed by atoms with Gasteiger partial charge in [-0.1, -0.05) is 0 Å². The van der Waals surface area contributed by atoms with Gasteiger partial charge in [0.05, 0.1) is 0 Å². The predicted molar refractivity (Wildman–Crippen MR) is 71.7 cm³/mol. The van der Waals surface area contributed by atoms with Crippen molar-refractivity contribution in [1.29, 1.82) is 0 Å². The summed E-state index contributed by atoms with van der Waals surface area (Å²) in [6.45, 7) is 5.92. The average molecular weight is 256 g/mol. The Morgan fingerprint density at radius 3 is 2.68 bits per heavy atom. The minimum atomic E-state index is -0.189. The van der Waals surface area contributed by atoms with E-state index in [1.807, 2.05) is 32.9 Å². The third-order valence-electron chi connectivity index (χ3n) is 3.29. The molecule has 0 bridgehead atoms. The Labute approximate surface area is 112 Å². The highest BCUT2D eigenvalue weighted by Gasteiger charge is 2.30. The van der Waals surface area contributed by atoms with E-state index >= 15 is 0 Å². The molecule has 3 nitrogen and oxygen atoms in total. The molecule has 0 N–H and O–H groups in total. The Bertz CT molecular complexity index is 650. The lowest BCUT2D eigenvalue weighted by atomic mass is 9.98. The first-order valence-electron chi connectivity index (χ1n) is 6.38. The van der Waals surface area contributed by atoms with Gasteiger partial charge in [-0.05, 0) is 56.7 Å². The standard InChI is InChI=1S/C16H16O3/c1-10-4-6-14(18-10)15(17)11-5-7-13-12(8-11)9-16(2,3)19-13/h4-8H,9H2,1-3H3. The van der Waals surface area contributed by atoms with E-state index in [1.165, 1.54) is 0 Å². The van der Waals surface area contributed by atoms with Gasteiger partial charge in [0.1, 0.15) is 17.1 Å². The van der Waals surface area contributed by atoms with Gasteiger partial charge in [0.15, 0.2) is 5.76 Å². The maximum absolute atomic E-state index is 12.3. The fraction of sp³-hybridized carbons (Fsp3) is 0.312. The van der Waals surface area contributed by atoms with Crippen molar-refractivity contribution in [3.05, 3.63) is 53.0 Å². The number of hydrogen-bond donors (Lipinski definition) is 0. The molecular weight excluding hydrogens is 240 g/mol. The van der Waals surface area contributed by atoms with Gasteiger partial charge in [0, 0.05) is 12.0 Å². The second-order valence-electron chi connectivity index (χ2n) is 5.60. The lowest BCUT2D eigenvalue weighted by molar-refractivity contribution is 0.101. The Morgan fingerprint density at radius 1 is 1.21 bits per heavy atom. The van der Waals surface area contributed by atoms with Gasteiger partial charge >= 0.3 is 0 Å². The van der Waals surface area contributed by atoms with E-state index in [2.05, 4.69) is 0 Å². The van der Waals surface area contributed by atoms with Gasteiger partial charge in [0.25, 0.3) is 0 Å². The van der Waals surface area contributed by atoms with E-state index < -0.39 is 0 Å². The molecule has 0 fully saturated rings. The maximum Gasteiger partial charge on any atom is 0.228 e. The first-order chi connectivity index (χ1) is 8.94. The third-order valence-corrected chi connectivity index (χ3v) is 3.29. The molecule has 19 heavy (non-hydrogen) atoms. The van der Waals surface area contributed by atoms with E-state index in [0.717, 1.165) is 23.5 Å². The van der Waals surface area contributed by atoms with Gasteiger partial charge < -0.3 is 9.15 Å². The molecule has 0 unspecified atom stereocenters. The first-order valence-corrected chi connectivity index (χ1v) is 6.38. The first kappa shape index (κ1) is 12.0. The summed E-state index contributed by atoms with van der Waals surface area (Å²) in [6.07, 6.45) is 0.820. The van der Waals surface area contributed by atoms with Crippen molar-refractivity contribution in [2.24, 2.45) is 0 Å². The van der Waals surface area contributed by atoms with Crippen LogP contribution in [0.5, 0.6) is 5.75 Å². The monoisotopic (exact) mass is 256 g/mol. The number of hydrogen-bond acceptors (Lipinski definition) is 3. The van der Waals surface area contributed by atoms with Crippen LogP contribution in [0.4, 0.5) is 0 Å². The van der Waals surface area contributed by atoms with Crippen LogP contribution in [-0.4, -0.2) is 11.4 Å². The van der Waals surface area contributed by atoms with E-state index in [0.29, 0.717) is 11.3 Å². The summed E-state index contributed by atoms with van der Waals surface area (Å²) in [5.74, 6) is 1.92. The predicted octanol–water partition coefficient (Wildman–Crippen LogP) is 3.53. The molecule has 98 valence electrons. The summed E-state index contributed by atoms with van der Waals surface area (Å²) < 4.78 is 11.2. The molecule has 3 heteroatoms. The SMILES string of the molecule is Cc1ccc(C(=O)c2ccc3c(c2)CC(C)(C)O3)o1. The molecule has 1 aromatic carbocycles. The van der Waals surface area contributed by atoms with Crippen LogP contribution >= 0.6 is 0 Å². The van der Waals surface area contributed by atoms with Gasteiger partial charge in [-0.2, -0.15) is 0 Å². The number of rotatable bonds is 2. The highest BCUT2D eigenvalue weighted by molar-refractivity contribution is 6.07. The molecule has 0 aliphatic carbocycles. The number of benzene rings is 1. The molecule has 0 saturated heterocycles. The normalized spacial score (nSPS) is 15.9. The smallest absolute Gasteiger partial charge is 0.228 e. The van der Waals surface area contributed by atoms with Crippen LogP contribution in [0, 0.1) is 6.92 Å². The Balaban J connectivity index is 1.94. The number of ketones is 1. The molecule has 2 heterocycles. The van der Waals surface area contributed by atoms with Gasteiger partial charge in [-0.3, -0.25) is 4.79 Å². The number of furan rings is 1. The van der Waals surface area contributed by atoms with Crippen molar-refractivity contribution in [1.82, 2.24) is 0 Å². The van der Waals surface area contributed by atoms with Crippen LogP contribution in [0.3, 0.4) is 0 Å². The molecule has 0 radical (unpaired) electrons. The lowest BCUT2D eigenvalue weighted by Crippen LogP contribution is -2.24. The summed E-state index contributed by atoms with van der Waals surface area (Å²) >= 11 is 0. The molecule has 1 aliphatic rings. The van der Waals surface area contributed by atoms with E-state index in [-0.39, 0.29) is 11.4 Å². The molecule has 0 spiro atoms. The van der Waals surface area contributed by atoms with Crippen LogP contribution in [0.15, 0.2) is 34.7 Å². The summed E-state index contributed by atoms with van der Waals surface area (Å²) in [6, 6.07) is 9.08. The molecule has 3 rings (SSSR count). The van der Waals surface area contributed by atoms with Crippen LogP contribution in [0.2, 0.25) is 0 Å². The fourth-order valence-electron chi connectivity index (χ4n) is 2.45. The van der Waals surface area contributed by atoms with E-state index in [9.17, 15) is 4.79 Å². The molecule has 2 aromatic rings. The summed E-state index contributed by atoms with van der Waals surface area (Å²) in [4.78, 5) is 12.3. The molecular formula is C16H16O3. The van der Waals surface area contributed by atoms with Crippen molar-refractivity contribution >= 4 is 5.78 Å². The topological polar surface area (TPSA) is 39.4 Å². The van der Waals surface area contributed by atoms with Crippen molar-refractivity contribution < 1.29 is 13.9 Å². The summed E-state index contributed by atoms with van der Waals surface area (Å²) in [5, 5.41) is 0. The number of aryl methyl sites for hydroxylation is 1. The number of carbonyl (C=O) groups excluding carboxylic acids is 1. The number of fused-ring (bicyclic) bond motifs is 1. The van der Waals surface area contributed by atoms with Crippen LogP contribution in [0.1, 0.15) is 41.3 Å². The van der Waals surface area contributed by atoms with E-state index in [4.69, 9.17) is 9.15 Å². The molecule has 1 aliphatic heterocycles. The Hall–Kier alpha value is -2.03. The third kappa shape index (κ3) is 2.16. The van der Waals surface area contributed by atoms with Crippen molar-refractivity contribution in [3.63, 3.8) is 0 Å². The largest absolute Gasteiger partial charge is 0.487 e. The van der Waals surface area contributed by atoms with Crippen LogP contribution in [0.25, 0.3) is 0 Å². The quantitative estimate of drug-likeness (QED) is 0.771. The van der Waals surface area contributed by atoms with Crippen molar-refractivity contribution in [2.45, 2.75) is 32.8 Å². The molecule has 0 amide bonds. The zero-order valence-electron chi connectivity index (χ0n) is 11.3. The molecule has 1 aromatic heterocycles. The second-order valence-corrected chi connectivity index (χ2v) is 5.60. The number of carbonyl (C=O) groups is 1. The Morgan fingerprint density at radius 2 is 2.00 bits per heavy atom. The zero-order chi connectivity index (χ0) is 13.6. The van der Waals surface area contributed by atoms with E-state index in [1.54, 1.807) is 18.2 Å². The number of ether oxygens (including phenoxy) is 1. The minimum absolute atomic E-state index is 0.0828. The minimum Gasteiger partial charge on any atom is -0.487 e. The lowest BCUT2D eigenvalue weighted by Gasteiger charge is -2.16. The van der Waals surface area contributed by atoms with Gasteiger partial charge in [0.2, 0.25) is 5.78 Å². The molecule has 0 saturated carbocycles. The fourth-order valence-corrected chi connectivity index (χ4v) is 2.45. The zero-order valence-corrected chi connectivity index (χ0v) is 11.3.